The normalized spacial score (nSPS) is 12.6. The van der Waals surface area contributed by atoms with E-state index in [0.717, 1.165) is 18.7 Å². The maximum atomic E-state index is 8.96. The predicted octanol–water partition coefficient (Wildman–Crippen LogP) is 0.475. The molecule has 0 fully saturated rings. The molecular weight excluding hydrogens is 229 g/mol. The predicted molar refractivity (Wildman–Crippen MR) is 74.1 cm³/mol. The molecule has 1 unspecified atom stereocenters. The maximum absolute atomic E-state index is 8.96. The average molecular weight is 251 g/mol. The minimum atomic E-state index is -1.42. The van der Waals surface area contributed by atoms with E-state index in [1.807, 2.05) is 0 Å². The van der Waals surface area contributed by atoms with E-state index in [0.29, 0.717) is 18.1 Å². The van der Waals surface area contributed by atoms with E-state index in [-0.39, 0.29) is 0 Å². The van der Waals surface area contributed by atoms with Crippen molar-refractivity contribution in [1.82, 2.24) is 4.90 Å². The summed E-state index contributed by atoms with van der Waals surface area (Å²) in [5.41, 5.74) is 0.471. The van der Waals surface area contributed by atoms with Crippen LogP contribution in [0, 0.1) is 0 Å². The van der Waals surface area contributed by atoms with Gasteiger partial charge in [0.1, 0.15) is 12.4 Å². The summed E-state index contributed by atoms with van der Waals surface area (Å²) in [6.07, 6.45) is 1.12. The first-order valence-corrected chi connectivity index (χ1v) is 6.33. The minimum Gasteiger partial charge on any atom is -0.492 e. The second-order valence-electron chi connectivity index (χ2n) is 4.53. The van der Waals surface area contributed by atoms with Crippen LogP contribution in [0.4, 0.5) is 0 Å². The number of hydrogen-bond donors (Lipinski definition) is 2. The highest BCUT2D eigenvalue weighted by molar-refractivity contribution is 6.58. The van der Waals surface area contributed by atoms with Crippen LogP contribution in [0.2, 0.25) is 0 Å². The van der Waals surface area contributed by atoms with Crippen molar-refractivity contribution >= 4 is 12.6 Å². The molecule has 1 aromatic rings. The van der Waals surface area contributed by atoms with E-state index in [2.05, 4.69) is 25.8 Å². The minimum absolute atomic E-state index is 0.471. The van der Waals surface area contributed by atoms with Crippen molar-refractivity contribution in [2.24, 2.45) is 0 Å². The van der Waals surface area contributed by atoms with Crippen LogP contribution in [-0.2, 0) is 0 Å². The lowest BCUT2D eigenvalue weighted by Crippen LogP contribution is -2.32. The first-order valence-electron chi connectivity index (χ1n) is 6.33. The number of hydrogen-bond acceptors (Lipinski definition) is 4. The molecule has 0 heterocycles. The second kappa shape index (κ2) is 7.41. The second-order valence-corrected chi connectivity index (χ2v) is 4.53. The third-order valence-electron chi connectivity index (χ3n) is 3.23. The van der Waals surface area contributed by atoms with Crippen molar-refractivity contribution in [3.05, 3.63) is 24.3 Å². The monoisotopic (exact) mass is 251 g/mol. The molecule has 0 amide bonds. The molecule has 1 aromatic carbocycles. The van der Waals surface area contributed by atoms with Crippen molar-refractivity contribution in [2.45, 2.75) is 26.3 Å². The summed E-state index contributed by atoms with van der Waals surface area (Å²) in [7, 11) is 0.665. The smallest absolute Gasteiger partial charge is 0.488 e. The zero-order valence-electron chi connectivity index (χ0n) is 11.3. The van der Waals surface area contributed by atoms with Crippen molar-refractivity contribution in [3.63, 3.8) is 0 Å². The van der Waals surface area contributed by atoms with Crippen LogP contribution < -0.4 is 10.2 Å². The topological polar surface area (TPSA) is 52.9 Å². The highest BCUT2D eigenvalue weighted by Gasteiger charge is 2.10. The van der Waals surface area contributed by atoms with Gasteiger partial charge in [0.2, 0.25) is 0 Å². The van der Waals surface area contributed by atoms with E-state index in [9.17, 15) is 0 Å². The number of ether oxygens (including phenoxy) is 1. The highest BCUT2D eigenvalue weighted by atomic mass is 16.5. The van der Waals surface area contributed by atoms with Gasteiger partial charge >= 0.3 is 7.12 Å². The Kier molecular flexibility index (Phi) is 6.19. The molecular formula is C13H22BNO3. The third-order valence-corrected chi connectivity index (χ3v) is 3.23. The van der Waals surface area contributed by atoms with Gasteiger partial charge in [-0.25, -0.2) is 0 Å². The largest absolute Gasteiger partial charge is 0.492 e. The molecule has 0 bridgehead atoms. The van der Waals surface area contributed by atoms with Gasteiger partial charge in [-0.3, -0.25) is 0 Å². The fraction of sp³-hybridized carbons (Fsp3) is 0.538. The van der Waals surface area contributed by atoms with Crippen LogP contribution >= 0.6 is 0 Å². The lowest BCUT2D eigenvalue weighted by Gasteiger charge is -2.23. The number of rotatable bonds is 7. The standard InChI is InChI=1S/C13H22BNO3/c1-4-11(2)15(3)9-10-18-13-7-5-12(6-8-13)14(16)17/h5-8,11,16-17H,4,9-10H2,1-3H3. The summed E-state index contributed by atoms with van der Waals surface area (Å²) in [6.45, 7) is 5.86. The molecule has 0 aromatic heterocycles. The van der Waals surface area contributed by atoms with Crippen LogP contribution in [0.3, 0.4) is 0 Å². The Balaban J connectivity index is 2.35. The van der Waals surface area contributed by atoms with Gasteiger partial charge in [-0.1, -0.05) is 19.1 Å². The van der Waals surface area contributed by atoms with E-state index >= 15 is 0 Å². The molecule has 0 spiro atoms. The Morgan fingerprint density at radius 2 is 1.89 bits per heavy atom. The Morgan fingerprint density at radius 3 is 2.39 bits per heavy atom. The lowest BCUT2D eigenvalue weighted by molar-refractivity contribution is 0.196. The molecule has 18 heavy (non-hydrogen) atoms. The summed E-state index contributed by atoms with van der Waals surface area (Å²) >= 11 is 0. The van der Waals surface area contributed by atoms with Gasteiger partial charge in [0, 0.05) is 12.6 Å². The molecule has 0 aliphatic heterocycles. The van der Waals surface area contributed by atoms with Gasteiger partial charge in [0.15, 0.2) is 0 Å². The zero-order valence-corrected chi connectivity index (χ0v) is 11.3. The molecule has 4 nitrogen and oxygen atoms in total. The zero-order chi connectivity index (χ0) is 13.5. The first-order chi connectivity index (χ1) is 8.54. The molecule has 2 N–H and O–H groups in total. The molecule has 5 heteroatoms. The molecule has 0 aliphatic rings. The van der Waals surface area contributed by atoms with Gasteiger partial charge < -0.3 is 19.7 Å². The molecule has 1 rings (SSSR count). The lowest BCUT2D eigenvalue weighted by atomic mass is 9.80. The quantitative estimate of drug-likeness (QED) is 0.692. The van der Waals surface area contributed by atoms with Crippen LogP contribution in [0.25, 0.3) is 0 Å². The van der Waals surface area contributed by atoms with Crippen LogP contribution in [0.15, 0.2) is 24.3 Å². The molecule has 0 radical (unpaired) electrons. The van der Waals surface area contributed by atoms with E-state index < -0.39 is 7.12 Å². The van der Waals surface area contributed by atoms with E-state index in [1.165, 1.54) is 0 Å². The van der Waals surface area contributed by atoms with Crippen molar-refractivity contribution in [3.8, 4) is 5.75 Å². The summed E-state index contributed by atoms with van der Waals surface area (Å²) in [6, 6.07) is 7.35. The van der Waals surface area contributed by atoms with Crippen molar-refractivity contribution in [2.75, 3.05) is 20.2 Å². The number of benzene rings is 1. The highest BCUT2D eigenvalue weighted by Crippen LogP contribution is 2.08. The first kappa shape index (κ1) is 15.0. The van der Waals surface area contributed by atoms with Gasteiger partial charge in [0.05, 0.1) is 0 Å². The summed E-state index contributed by atoms with van der Waals surface area (Å²) in [5.74, 6) is 0.747. The number of nitrogens with zero attached hydrogens (tertiary/aromatic N) is 1. The van der Waals surface area contributed by atoms with Gasteiger partial charge in [-0.05, 0) is 38.0 Å². The molecule has 0 saturated heterocycles. The molecule has 100 valence electrons. The molecule has 0 saturated carbocycles. The third kappa shape index (κ3) is 4.68. The fourth-order valence-corrected chi connectivity index (χ4v) is 1.58. The summed E-state index contributed by atoms with van der Waals surface area (Å²) < 4.78 is 5.60. The van der Waals surface area contributed by atoms with Gasteiger partial charge in [-0.15, -0.1) is 0 Å². The van der Waals surface area contributed by atoms with E-state index in [1.54, 1.807) is 24.3 Å². The SMILES string of the molecule is CCC(C)N(C)CCOc1ccc(B(O)O)cc1. The van der Waals surface area contributed by atoms with E-state index in [4.69, 9.17) is 14.8 Å². The Labute approximate surface area is 109 Å². The van der Waals surface area contributed by atoms with Crippen LogP contribution in [-0.4, -0.2) is 48.3 Å². The van der Waals surface area contributed by atoms with Gasteiger partial charge in [0.25, 0.3) is 0 Å². The van der Waals surface area contributed by atoms with Crippen molar-refractivity contribution < 1.29 is 14.8 Å². The average Bonchev–Trinajstić information content (AvgIpc) is 2.38. The van der Waals surface area contributed by atoms with Crippen molar-refractivity contribution in [1.29, 1.82) is 0 Å². The van der Waals surface area contributed by atoms with Gasteiger partial charge in [-0.2, -0.15) is 0 Å². The Morgan fingerprint density at radius 1 is 1.28 bits per heavy atom. The maximum Gasteiger partial charge on any atom is 0.488 e. The molecule has 0 aliphatic carbocycles. The van der Waals surface area contributed by atoms with Crippen LogP contribution in [0.5, 0.6) is 5.75 Å². The Hall–Kier alpha value is -1.04. The Bertz CT molecular complexity index is 343. The summed E-state index contributed by atoms with van der Waals surface area (Å²) in [4.78, 5) is 2.26. The fourth-order valence-electron chi connectivity index (χ4n) is 1.58. The number of likely N-dealkylation sites (N-methyl/N-ethyl adjacent to an activating group) is 1. The van der Waals surface area contributed by atoms with Crippen LogP contribution in [0.1, 0.15) is 20.3 Å². The molecule has 1 atom stereocenters. The summed E-state index contributed by atoms with van der Waals surface area (Å²) in [5, 5.41) is 17.9.